The molecule has 2 atom stereocenters. The lowest BCUT2D eigenvalue weighted by Gasteiger charge is -2.32. The average Bonchev–Trinajstić information content (AvgIpc) is 2.72. The Kier molecular flexibility index (Phi) is 13.4. The lowest BCUT2D eigenvalue weighted by atomic mass is 9.72. The van der Waals surface area contributed by atoms with Crippen molar-refractivity contribution >= 4 is 17.9 Å². The number of carbonyl (C=O) groups excluding carboxylic acids is 2. The second-order valence-electron chi connectivity index (χ2n) is 8.17. The van der Waals surface area contributed by atoms with Crippen LogP contribution in [0.15, 0.2) is 0 Å². The molecule has 168 valence electrons. The lowest BCUT2D eigenvalue weighted by Crippen LogP contribution is -2.43. The van der Waals surface area contributed by atoms with Crippen molar-refractivity contribution in [1.29, 1.82) is 0 Å². The van der Waals surface area contributed by atoms with Crippen molar-refractivity contribution in [3.8, 4) is 0 Å². The number of carboxylic acids is 1. The first kappa shape index (κ1) is 25.4. The maximum absolute atomic E-state index is 12.5. The smallest absolute Gasteiger partial charge is 0.309 e. The number of unbranched alkanes of at least 4 members (excludes halogenated alkanes) is 8. The number of rotatable bonds is 15. The fourth-order valence-electron chi connectivity index (χ4n) is 4.04. The molecule has 29 heavy (non-hydrogen) atoms. The van der Waals surface area contributed by atoms with Crippen molar-refractivity contribution in [3.05, 3.63) is 0 Å². The zero-order valence-corrected chi connectivity index (χ0v) is 18.3. The molecule has 1 aliphatic rings. The molecule has 0 spiro atoms. The van der Waals surface area contributed by atoms with E-state index >= 15 is 0 Å². The second-order valence-corrected chi connectivity index (χ2v) is 8.17. The van der Waals surface area contributed by atoms with Crippen LogP contribution in [0.3, 0.4) is 0 Å². The Bertz CT molecular complexity index is 454. The van der Waals surface area contributed by atoms with Gasteiger partial charge < -0.3 is 14.6 Å². The molecule has 0 aromatic rings. The minimum Gasteiger partial charge on any atom is -0.481 e. The molecule has 0 aromatic heterocycles. The predicted octanol–water partition coefficient (Wildman–Crippen LogP) is 5.13. The quantitative estimate of drug-likeness (QED) is 0.296. The van der Waals surface area contributed by atoms with Crippen molar-refractivity contribution in [2.24, 2.45) is 17.8 Å². The third kappa shape index (κ3) is 9.64. The van der Waals surface area contributed by atoms with Crippen LogP contribution in [0.2, 0.25) is 0 Å². The molecule has 0 amide bonds. The zero-order chi connectivity index (χ0) is 21.5. The minimum absolute atomic E-state index is 0.318. The van der Waals surface area contributed by atoms with Crippen LogP contribution in [0.1, 0.15) is 97.3 Å². The predicted molar refractivity (Wildman–Crippen MR) is 111 cm³/mol. The van der Waals surface area contributed by atoms with Gasteiger partial charge in [-0.05, 0) is 25.7 Å². The van der Waals surface area contributed by atoms with E-state index in [-0.39, 0.29) is 0 Å². The van der Waals surface area contributed by atoms with Gasteiger partial charge >= 0.3 is 17.9 Å². The zero-order valence-electron chi connectivity index (χ0n) is 18.3. The van der Waals surface area contributed by atoms with Gasteiger partial charge in [0.25, 0.3) is 0 Å². The first-order valence-corrected chi connectivity index (χ1v) is 11.6. The van der Waals surface area contributed by atoms with Gasteiger partial charge in [0.15, 0.2) is 0 Å². The summed E-state index contributed by atoms with van der Waals surface area (Å²) in [5, 5.41) is 9.70. The van der Waals surface area contributed by atoms with E-state index < -0.39 is 35.7 Å². The molecular weight excluding hydrogens is 372 g/mol. The van der Waals surface area contributed by atoms with Gasteiger partial charge in [0.2, 0.25) is 0 Å². The highest BCUT2D eigenvalue weighted by Crippen LogP contribution is 2.37. The van der Waals surface area contributed by atoms with Gasteiger partial charge in [-0.2, -0.15) is 0 Å². The number of aliphatic carboxylic acids is 1. The topological polar surface area (TPSA) is 89.9 Å². The van der Waals surface area contributed by atoms with Gasteiger partial charge in [-0.25, -0.2) is 0 Å². The van der Waals surface area contributed by atoms with Crippen LogP contribution in [0.25, 0.3) is 0 Å². The summed E-state index contributed by atoms with van der Waals surface area (Å²) in [5.74, 6) is -4.66. The Morgan fingerprint density at radius 2 is 1.14 bits per heavy atom. The summed E-state index contributed by atoms with van der Waals surface area (Å²) in [6.45, 7) is 4.92. The summed E-state index contributed by atoms with van der Waals surface area (Å²) in [6.07, 6.45) is 12.0. The molecule has 6 nitrogen and oxygen atoms in total. The summed E-state index contributed by atoms with van der Waals surface area (Å²) in [4.78, 5) is 36.9. The number of carboxylic acid groups (broad SMARTS) is 1. The number of hydrogen-bond donors (Lipinski definition) is 1. The lowest BCUT2D eigenvalue weighted by molar-refractivity contribution is -0.169. The van der Waals surface area contributed by atoms with E-state index in [1.165, 1.54) is 12.8 Å². The van der Waals surface area contributed by atoms with Crippen molar-refractivity contribution in [2.75, 3.05) is 13.2 Å². The van der Waals surface area contributed by atoms with Crippen LogP contribution in [-0.4, -0.2) is 36.2 Å². The number of hydrogen-bond acceptors (Lipinski definition) is 5. The van der Waals surface area contributed by atoms with E-state index in [9.17, 15) is 19.5 Å². The average molecular weight is 413 g/mol. The Morgan fingerprint density at radius 3 is 1.52 bits per heavy atom. The van der Waals surface area contributed by atoms with E-state index in [4.69, 9.17) is 9.47 Å². The van der Waals surface area contributed by atoms with Gasteiger partial charge in [-0.1, -0.05) is 71.6 Å². The molecule has 0 saturated heterocycles. The monoisotopic (exact) mass is 412 g/mol. The molecular formula is C23H40O6. The third-order valence-corrected chi connectivity index (χ3v) is 5.77. The van der Waals surface area contributed by atoms with Crippen molar-refractivity contribution in [2.45, 2.75) is 97.3 Å². The summed E-state index contributed by atoms with van der Waals surface area (Å²) in [6, 6.07) is 0. The normalized spacial score (nSPS) is 21.5. The molecule has 1 saturated carbocycles. The fourth-order valence-corrected chi connectivity index (χ4v) is 4.04. The van der Waals surface area contributed by atoms with Crippen molar-refractivity contribution in [1.82, 2.24) is 0 Å². The number of carbonyl (C=O) groups is 3. The molecule has 6 heteroatoms. The molecule has 0 aromatic carbocycles. The SMILES string of the molecule is CCCCCCCOC(=O)C1CCCC(C(=O)OCCCCCCC)C1C(=O)O. The maximum atomic E-state index is 12.5. The van der Waals surface area contributed by atoms with E-state index in [1.54, 1.807) is 0 Å². The summed E-state index contributed by atoms with van der Waals surface area (Å²) in [5.41, 5.74) is 0. The largest absolute Gasteiger partial charge is 0.481 e. The minimum atomic E-state index is -1.11. The highest BCUT2D eigenvalue weighted by Gasteiger charge is 2.46. The molecule has 1 N–H and O–H groups in total. The molecule has 0 radical (unpaired) electrons. The Morgan fingerprint density at radius 1 is 0.724 bits per heavy atom. The maximum Gasteiger partial charge on any atom is 0.309 e. The Hall–Kier alpha value is -1.59. The summed E-state index contributed by atoms with van der Waals surface area (Å²) >= 11 is 0. The molecule has 0 bridgehead atoms. The summed E-state index contributed by atoms with van der Waals surface area (Å²) < 4.78 is 10.7. The molecule has 1 aliphatic carbocycles. The van der Waals surface area contributed by atoms with E-state index in [1.807, 2.05) is 0 Å². The van der Waals surface area contributed by atoms with E-state index in [0.717, 1.165) is 51.4 Å². The molecule has 1 rings (SSSR count). The van der Waals surface area contributed by atoms with Gasteiger partial charge in [0.1, 0.15) is 0 Å². The van der Waals surface area contributed by atoms with Gasteiger partial charge in [0, 0.05) is 0 Å². The highest BCUT2D eigenvalue weighted by molar-refractivity contribution is 5.86. The highest BCUT2D eigenvalue weighted by atomic mass is 16.5. The molecule has 0 heterocycles. The molecule has 0 aliphatic heterocycles. The first-order chi connectivity index (χ1) is 14.0. The van der Waals surface area contributed by atoms with E-state index in [0.29, 0.717) is 32.5 Å². The molecule has 2 unspecified atom stereocenters. The van der Waals surface area contributed by atoms with Crippen LogP contribution < -0.4 is 0 Å². The Balaban J connectivity index is 2.50. The second kappa shape index (κ2) is 15.3. The van der Waals surface area contributed by atoms with Crippen LogP contribution in [-0.2, 0) is 23.9 Å². The van der Waals surface area contributed by atoms with Crippen LogP contribution in [0.5, 0.6) is 0 Å². The number of esters is 2. The van der Waals surface area contributed by atoms with Crippen molar-refractivity contribution < 1.29 is 29.0 Å². The van der Waals surface area contributed by atoms with Crippen molar-refractivity contribution in [3.63, 3.8) is 0 Å². The standard InChI is InChI=1S/C23H40O6/c1-3-5-7-9-11-16-28-22(26)18-14-13-15-19(20(18)21(24)25)23(27)29-17-12-10-8-6-4-2/h18-20H,3-17H2,1-2H3,(H,24,25). The van der Waals surface area contributed by atoms with Crippen LogP contribution >= 0.6 is 0 Å². The van der Waals surface area contributed by atoms with Gasteiger partial charge in [-0.3, -0.25) is 14.4 Å². The van der Waals surface area contributed by atoms with Crippen LogP contribution in [0.4, 0.5) is 0 Å². The van der Waals surface area contributed by atoms with E-state index in [2.05, 4.69) is 13.8 Å². The van der Waals surface area contributed by atoms with Gasteiger partial charge in [0.05, 0.1) is 31.0 Å². The number of ether oxygens (including phenoxy) is 2. The summed E-state index contributed by atoms with van der Waals surface area (Å²) in [7, 11) is 0. The fraction of sp³-hybridized carbons (Fsp3) is 0.870. The van der Waals surface area contributed by atoms with Gasteiger partial charge in [-0.15, -0.1) is 0 Å². The van der Waals surface area contributed by atoms with Crippen LogP contribution in [0, 0.1) is 17.8 Å². The Labute approximate surface area is 175 Å². The first-order valence-electron chi connectivity index (χ1n) is 11.6. The molecule has 1 fully saturated rings. The third-order valence-electron chi connectivity index (χ3n) is 5.77.